The van der Waals surface area contributed by atoms with Crippen LogP contribution in [0.25, 0.3) is 11.3 Å². The average molecular weight is 731 g/mol. The Hall–Kier alpha value is -5.04. The highest BCUT2D eigenvalue weighted by molar-refractivity contribution is 6.06. The van der Waals surface area contributed by atoms with Crippen LogP contribution in [0.2, 0.25) is 0 Å². The van der Waals surface area contributed by atoms with Gasteiger partial charge in [-0.3, -0.25) is 19.4 Å². The van der Waals surface area contributed by atoms with E-state index in [1.54, 1.807) is 11.1 Å². The van der Waals surface area contributed by atoms with Crippen molar-refractivity contribution in [2.75, 3.05) is 59.8 Å². The number of hydrogen-bond donors (Lipinski definition) is 3. The van der Waals surface area contributed by atoms with E-state index in [1.165, 1.54) is 17.3 Å². The predicted molar refractivity (Wildman–Crippen MR) is 211 cm³/mol. The molecule has 3 aromatic heterocycles. The summed E-state index contributed by atoms with van der Waals surface area (Å²) in [4.78, 5) is 42.7. The van der Waals surface area contributed by atoms with Crippen LogP contribution < -0.4 is 20.4 Å². The molecule has 1 aliphatic carbocycles. The number of nitrogens with one attached hydrogen (secondary N) is 2. The van der Waals surface area contributed by atoms with Gasteiger partial charge in [0.2, 0.25) is 5.91 Å². The number of carbonyl (C=O) groups excluding carboxylic acids is 2. The van der Waals surface area contributed by atoms with Crippen molar-refractivity contribution >= 4 is 40.5 Å². The molecule has 282 valence electrons. The van der Waals surface area contributed by atoms with Crippen LogP contribution in [-0.4, -0.2) is 87.8 Å². The van der Waals surface area contributed by atoms with Gasteiger partial charge in [0, 0.05) is 86.7 Å². The Morgan fingerprint density at radius 3 is 2.69 bits per heavy atom. The number of amides is 2. The van der Waals surface area contributed by atoms with Crippen LogP contribution in [0.1, 0.15) is 60.9 Å². The maximum atomic E-state index is 13.9. The van der Waals surface area contributed by atoms with Gasteiger partial charge in [-0.05, 0) is 92.1 Å². The normalized spacial score (nSPS) is 20.1. The van der Waals surface area contributed by atoms with Gasteiger partial charge in [0.1, 0.15) is 17.3 Å². The number of aliphatic hydroxyl groups is 1. The van der Waals surface area contributed by atoms with Gasteiger partial charge in [-0.25, -0.2) is 9.97 Å². The summed E-state index contributed by atoms with van der Waals surface area (Å²) in [6.45, 7) is 15.7. The van der Waals surface area contributed by atoms with Crippen molar-refractivity contribution in [2.24, 2.45) is 5.41 Å². The number of pyridine rings is 2. The average Bonchev–Trinajstić information content (AvgIpc) is 3.67. The molecule has 0 saturated carbocycles. The summed E-state index contributed by atoms with van der Waals surface area (Å²) in [5.74, 6) is 0.662. The molecule has 4 aliphatic rings. The molecule has 0 spiro atoms. The molecule has 8 rings (SSSR count). The molecule has 2 saturated heterocycles. The number of aromatic nitrogens is 3. The number of fused-ring (bicyclic) bond motifs is 3. The Bertz CT molecular complexity index is 2090. The van der Waals surface area contributed by atoms with Crippen molar-refractivity contribution in [3.63, 3.8) is 0 Å². The lowest BCUT2D eigenvalue weighted by Gasteiger charge is -2.45. The summed E-state index contributed by atoms with van der Waals surface area (Å²) in [6.07, 6.45) is 7.02. The van der Waals surface area contributed by atoms with Gasteiger partial charge >= 0.3 is 0 Å². The van der Waals surface area contributed by atoms with Crippen LogP contribution in [0, 0.1) is 5.41 Å². The van der Waals surface area contributed by atoms with Crippen molar-refractivity contribution in [2.45, 2.75) is 71.7 Å². The smallest absolute Gasteiger partial charge is 0.276 e. The minimum Gasteiger partial charge on any atom is -0.392 e. The Morgan fingerprint density at radius 1 is 1.07 bits per heavy atom. The van der Waals surface area contributed by atoms with Gasteiger partial charge in [0.25, 0.3) is 5.91 Å². The number of rotatable bonds is 9. The van der Waals surface area contributed by atoms with E-state index in [2.05, 4.69) is 57.3 Å². The minimum absolute atomic E-state index is 0.102. The largest absolute Gasteiger partial charge is 0.392 e. The molecule has 2 amide bonds. The highest BCUT2D eigenvalue weighted by Crippen LogP contribution is 2.40. The molecule has 6 heterocycles. The number of nitrogens with zero attached hydrogens (tertiary/aromatic N) is 6. The number of piperazine rings is 1. The Labute approximate surface area is 316 Å². The molecule has 1 atom stereocenters. The van der Waals surface area contributed by atoms with Gasteiger partial charge < -0.3 is 29.9 Å². The Balaban J connectivity index is 1.03. The zero-order valence-corrected chi connectivity index (χ0v) is 31.5. The third kappa shape index (κ3) is 6.89. The van der Waals surface area contributed by atoms with Gasteiger partial charge in [-0.1, -0.05) is 26.5 Å². The molecule has 0 unspecified atom stereocenters. The Kier molecular flexibility index (Phi) is 9.76. The van der Waals surface area contributed by atoms with E-state index in [0.29, 0.717) is 59.0 Å². The number of carbonyl (C=O) groups is 2. The monoisotopic (exact) mass is 730 g/mol. The van der Waals surface area contributed by atoms with Gasteiger partial charge in [0.15, 0.2) is 0 Å². The van der Waals surface area contributed by atoms with E-state index < -0.39 is 0 Å². The van der Waals surface area contributed by atoms with Crippen molar-refractivity contribution in [1.29, 1.82) is 0 Å². The number of aliphatic hydroxyl groups excluding tert-OH is 1. The summed E-state index contributed by atoms with van der Waals surface area (Å²) in [5, 5.41) is 17.2. The third-order valence-corrected chi connectivity index (χ3v) is 11.5. The van der Waals surface area contributed by atoms with Crippen LogP contribution in [0.3, 0.4) is 0 Å². The van der Waals surface area contributed by atoms with E-state index in [-0.39, 0.29) is 29.9 Å². The van der Waals surface area contributed by atoms with Crippen molar-refractivity contribution in [3.8, 4) is 11.3 Å². The molecule has 54 heavy (non-hydrogen) atoms. The number of ether oxygens (including phenoxy) is 1. The summed E-state index contributed by atoms with van der Waals surface area (Å²) in [6, 6.07) is 16.3. The third-order valence-electron chi connectivity index (χ3n) is 11.5. The first kappa shape index (κ1) is 36.0. The molecule has 3 aliphatic heterocycles. The summed E-state index contributed by atoms with van der Waals surface area (Å²) in [7, 11) is 0. The molecular formula is C42H50N8O4. The van der Waals surface area contributed by atoms with E-state index in [1.807, 2.05) is 48.5 Å². The molecule has 2 fully saturated rings. The SMILES string of the molecule is C=CC(=O)Nc1cc(Nc2cccc(-c3ccnc(N4CCn5c(cc6c5CC(C)(C)C6)C4=O)c3CO)n2)ccc1N1CCN(C2CCOCC2)C[C@@H]1C. The molecule has 4 aromatic rings. The van der Waals surface area contributed by atoms with Crippen molar-refractivity contribution in [1.82, 2.24) is 19.4 Å². The minimum atomic E-state index is -0.303. The van der Waals surface area contributed by atoms with E-state index in [0.717, 1.165) is 69.9 Å². The summed E-state index contributed by atoms with van der Waals surface area (Å²) in [5.41, 5.74) is 7.71. The molecule has 12 heteroatoms. The number of anilines is 5. The lowest BCUT2D eigenvalue weighted by Crippen LogP contribution is -2.56. The van der Waals surface area contributed by atoms with Gasteiger partial charge in [0.05, 0.1) is 23.7 Å². The second-order valence-corrected chi connectivity index (χ2v) is 15.8. The van der Waals surface area contributed by atoms with Gasteiger partial charge in [-0.15, -0.1) is 0 Å². The van der Waals surface area contributed by atoms with Crippen LogP contribution in [0.15, 0.2) is 67.4 Å². The molecule has 12 nitrogen and oxygen atoms in total. The molecule has 1 aromatic carbocycles. The first-order valence-corrected chi connectivity index (χ1v) is 19.1. The zero-order valence-electron chi connectivity index (χ0n) is 31.5. The highest BCUT2D eigenvalue weighted by atomic mass is 16.5. The fraction of sp³-hybridized carbons (Fsp3) is 0.429. The van der Waals surface area contributed by atoms with Crippen LogP contribution >= 0.6 is 0 Å². The topological polar surface area (TPSA) is 128 Å². The highest BCUT2D eigenvalue weighted by Gasteiger charge is 2.38. The summed E-state index contributed by atoms with van der Waals surface area (Å²) < 4.78 is 7.77. The lowest BCUT2D eigenvalue weighted by molar-refractivity contribution is -0.111. The van der Waals surface area contributed by atoms with Crippen molar-refractivity contribution < 1.29 is 19.4 Å². The number of hydrogen-bond acceptors (Lipinski definition) is 9. The molecular weight excluding hydrogens is 681 g/mol. The van der Waals surface area contributed by atoms with Crippen LogP contribution in [0.4, 0.5) is 28.7 Å². The van der Waals surface area contributed by atoms with Gasteiger partial charge in [-0.2, -0.15) is 0 Å². The second kappa shape index (κ2) is 14.7. The molecule has 3 N–H and O–H groups in total. The first-order chi connectivity index (χ1) is 26.1. The summed E-state index contributed by atoms with van der Waals surface area (Å²) >= 11 is 0. The maximum absolute atomic E-state index is 13.9. The van der Waals surface area contributed by atoms with Crippen LogP contribution in [0.5, 0.6) is 0 Å². The zero-order chi connectivity index (χ0) is 37.6. The first-order valence-electron chi connectivity index (χ1n) is 19.1. The fourth-order valence-electron chi connectivity index (χ4n) is 8.90. The number of benzene rings is 1. The van der Waals surface area contributed by atoms with Crippen molar-refractivity contribution in [3.05, 3.63) is 89.9 Å². The lowest BCUT2D eigenvalue weighted by atomic mass is 9.90. The predicted octanol–water partition coefficient (Wildman–Crippen LogP) is 5.78. The van der Waals surface area contributed by atoms with E-state index in [4.69, 9.17) is 9.72 Å². The second-order valence-electron chi connectivity index (χ2n) is 15.8. The maximum Gasteiger partial charge on any atom is 0.276 e. The van der Waals surface area contributed by atoms with E-state index in [9.17, 15) is 14.7 Å². The molecule has 0 radical (unpaired) electrons. The quantitative estimate of drug-likeness (QED) is 0.184. The molecule has 0 bridgehead atoms. The Morgan fingerprint density at radius 2 is 1.91 bits per heavy atom. The van der Waals surface area contributed by atoms with Crippen LogP contribution in [-0.2, 0) is 35.5 Å². The standard InChI is InChI=1S/C42H50N8O4/c1-5-39(52)46-34-22-29(9-10-35(34)48-16-15-47(25-27(48)2)30-12-19-54-20-13-30)44-38-8-6-7-33(45-38)31-11-14-43-40(32(31)26-51)50-18-17-49-36(41(50)53)21-28-23-42(3,4)24-37(28)49/h5-11,14,21-22,27,30,51H,1,12-13,15-20,23-26H2,2-4H3,(H,44,45)(H,46,52)/t27-/m0/s1. The fourth-order valence-corrected chi connectivity index (χ4v) is 8.90. The van der Waals surface area contributed by atoms with E-state index >= 15 is 0 Å².